The van der Waals surface area contributed by atoms with Crippen LogP contribution in [0.2, 0.25) is 0 Å². The zero-order valence-corrected chi connectivity index (χ0v) is 48.2. The van der Waals surface area contributed by atoms with Crippen LogP contribution in [0.15, 0.2) is 182 Å². The molecule has 0 fully saturated rings. The molecule has 0 aliphatic rings. The third-order valence-corrected chi connectivity index (χ3v) is 11.7. The van der Waals surface area contributed by atoms with E-state index < -0.39 is 12.1 Å². The van der Waals surface area contributed by atoms with Gasteiger partial charge in [0, 0.05) is 19.3 Å². The molecule has 0 amide bonds. The van der Waals surface area contributed by atoms with Crippen molar-refractivity contribution in [1.29, 1.82) is 0 Å². The molecular formula is C70H106O6. The van der Waals surface area contributed by atoms with Crippen LogP contribution in [-0.2, 0) is 28.6 Å². The van der Waals surface area contributed by atoms with Gasteiger partial charge in [0.25, 0.3) is 0 Å². The van der Waals surface area contributed by atoms with E-state index in [9.17, 15) is 14.4 Å². The Morgan fingerprint density at radius 3 is 0.855 bits per heavy atom. The minimum atomic E-state index is -0.850. The van der Waals surface area contributed by atoms with Crippen molar-refractivity contribution >= 4 is 17.9 Å². The molecule has 6 heteroatoms. The molecule has 0 N–H and O–H groups in total. The van der Waals surface area contributed by atoms with E-state index >= 15 is 0 Å². The summed E-state index contributed by atoms with van der Waals surface area (Å²) < 4.78 is 16.7. The Bertz CT molecular complexity index is 1820. The number of allylic oxidation sites excluding steroid dienone is 30. The first-order valence-electron chi connectivity index (χ1n) is 29.8. The van der Waals surface area contributed by atoms with Gasteiger partial charge >= 0.3 is 17.9 Å². The van der Waals surface area contributed by atoms with Crippen LogP contribution in [0.4, 0.5) is 0 Å². The van der Waals surface area contributed by atoms with Crippen molar-refractivity contribution in [1.82, 2.24) is 0 Å². The summed E-state index contributed by atoms with van der Waals surface area (Å²) in [5.74, 6) is -1.10. The molecule has 0 saturated heterocycles. The quantitative estimate of drug-likeness (QED) is 0.0261. The zero-order valence-electron chi connectivity index (χ0n) is 48.2. The molecule has 0 saturated carbocycles. The smallest absolute Gasteiger partial charge is 0.306 e. The normalized spacial score (nSPS) is 13.5. The Hall–Kier alpha value is -5.49. The van der Waals surface area contributed by atoms with E-state index in [0.717, 1.165) is 122 Å². The number of rotatable bonds is 51. The predicted molar refractivity (Wildman–Crippen MR) is 329 cm³/mol. The van der Waals surface area contributed by atoms with Gasteiger partial charge in [-0.3, -0.25) is 14.4 Å². The Morgan fingerprint density at radius 1 is 0.276 bits per heavy atom. The standard InChI is InChI=1S/C70H106O6/c1-4-7-10-13-16-19-22-24-26-28-30-31-32-33-34-35-36-37-38-39-41-42-44-46-48-51-54-57-60-63-69(72)75-66-67(65-74-68(71)62-59-56-53-50-21-18-15-12-9-6-3)76-70(73)64-61-58-55-52-49-47-45-43-40-29-27-25-23-20-17-14-11-8-5-2/h7-8,10-11,16-17,19-20,24-27,30-31,33-34,36-37,39-41,43-44,46-47,49,51,54-55,58,67H,4-6,9,12-15,18,21-23,28-29,32,35,38,42,45,48,50,52-53,56-57,59-66H2,1-3H3/b10-7-,11-8-,19-16-,20-17-,26-24-,27-25-,31-30-,34-33-,37-36-,41-39-,43-40-,46-44-,49-47-,54-51-,58-55-. The highest BCUT2D eigenvalue weighted by molar-refractivity contribution is 5.71. The van der Waals surface area contributed by atoms with Gasteiger partial charge in [-0.15, -0.1) is 0 Å². The highest BCUT2D eigenvalue weighted by atomic mass is 16.6. The molecule has 0 aromatic carbocycles. The van der Waals surface area contributed by atoms with E-state index in [1.807, 2.05) is 12.2 Å². The Kier molecular flexibility index (Phi) is 57.6. The van der Waals surface area contributed by atoms with E-state index in [4.69, 9.17) is 14.2 Å². The zero-order chi connectivity index (χ0) is 55.0. The highest BCUT2D eigenvalue weighted by Crippen LogP contribution is 2.13. The Morgan fingerprint density at radius 2 is 0.539 bits per heavy atom. The number of hydrogen-bond donors (Lipinski definition) is 0. The van der Waals surface area contributed by atoms with E-state index in [2.05, 4.69) is 191 Å². The molecule has 1 unspecified atom stereocenters. The Labute approximate surface area is 465 Å². The summed E-state index contributed by atoms with van der Waals surface area (Å²) in [4.78, 5) is 38.1. The average molecular weight is 1040 g/mol. The maximum atomic E-state index is 12.8. The third-order valence-electron chi connectivity index (χ3n) is 11.7. The van der Waals surface area contributed by atoms with Crippen LogP contribution in [0.3, 0.4) is 0 Å². The van der Waals surface area contributed by atoms with Crippen LogP contribution in [0, 0.1) is 0 Å². The fourth-order valence-electron chi connectivity index (χ4n) is 7.29. The van der Waals surface area contributed by atoms with Crippen molar-refractivity contribution in [2.45, 2.75) is 226 Å². The summed E-state index contributed by atoms with van der Waals surface area (Å²) in [7, 11) is 0. The van der Waals surface area contributed by atoms with Crippen LogP contribution in [0.1, 0.15) is 220 Å². The molecule has 0 bridgehead atoms. The van der Waals surface area contributed by atoms with Crippen LogP contribution in [0.25, 0.3) is 0 Å². The molecule has 0 aliphatic carbocycles. The van der Waals surface area contributed by atoms with Crippen molar-refractivity contribution in [3.05, 3.63) is 182 Å². The summed E-state index contributed by atoms with van der Waals surface area (Å²) in [5.41, 5.74) is 0. The van der Waals surface area contributed by atoms with E-state index in [1.54, 1.807) is 0 Å². The molecule has 0 aromatic rings. The number of esters is 3. The van der Waals surface area contributed by atoms with Gasteiger partial charge in [-0.05, 0) is 122 Å². The van der Waals surface area contributed by atoms with Gasteiger partial charge in [0.05, 0.1) is 0 Å². The molecule has 76 heavy (non-hydrogen) atoms. The predicted octanol–water partition coefficient (Wildman–Crippen LogP) is 20.5. The molecule has 1 atom stereocenters. The minimum Gasteiger partial charge on any atom is -0.462 e. The van der Waals surface area contributed by atoms with Crippen molar-refractivity contribution in [2.75, 3.05) is 13.2 Å². The summed E-state index contributed by atoms with van der Waals surface area (Å²) in [6, 6.07) is 0. The molecule has 6 nitrogen and oxygen atoms in total. The number of ether oxygens (including phenoxy) is 3. The largest absolute Gasteiger partial charge is 0.462 e. The van der Waals surface area contributed by atoms with E-state index in [0.29, 0.717) is 19.3 Å². The lowest BCUT2D eigenvalue weighted by Gasteiger charge is -2.18. The van der Waals surface area contributed by atoms with E-state index in [-0.39, 0.29) is 38.0 Å². The van der Waals surface area contributed by atoms with Crippen molar-refractivity contribution in [3.8, 4) is 0 Å². The summed E-state index contributed by atoms with van der Waals surface area (Å²) in [6.45, 7) is 6.26. The first-order chi connectivity index (χ1) is 37.5. The fourth-order valence-corrected chi connectivity index (χ4v) is 7.29. The minimum absolute atomic E-state index is 0.134. The van der Waals surface area contributed by atoms with Gasteiger partial charge in [0.1, 0.15) is 13.2 Å². The first-order valence-corrected chi connectivity index (χ1v) is 29.8. The van der Waals surface area contributed by atoms with Crippen LogP contribution >= 0.6 is 0 Å². The number of carbonyl (C=O) groups excluding carboxylic acids is 3. The number of carbonyl (C=O) groups is 3. The Balaban J connectivity index is 4.52. The second-order valence-electron chi connectivity index (χ2n) is 18.8. The number of unbranched alkanes of at least 4 members (excludes halogenated alkanes) is 10. The highest BCUT2D eigenvalue weighted by Gasteiger charge is 2.19. The molecular weight excluding hydrogens is 937 g/mol. The van der Waals surface area contributed by atoms with Gasteiger partial charge in [-0.2, -0.15) is 0 Å². The molecule has 422 valence electrons. The molecule has 0 spiro atoms. The van der Waals surface area contributed by atoms with Crippen LogP contribution < -0.4 is 0 Å². The lowest BCUT2D eigenvalue weighted by molar-refractivity contribution is -0.166. The van der Waals surface area contributed by atoms with Gasteiger partial charge in [-0.25, -0.2) is 0 Å². The van der Waals surface area contributed by atoms with Gasteiger partial charge < -0.3 is 14.2 Å². The molecule has 0 rings (SSSR count). The topological polar surface area (TPSA) is 78.9 Å². The second-order valence-corrected chi connectivity index (χ2v) is 18.8. The van der Waals surface area contributed by atoms with Crippen molar-refractivity contribution in [2.24, 2.45) is 0 Å². The van der Waals surface area contributed by atoms with Crippen molar-refractivity contribution < 1.29 is 28.6 Å². The van der Waals surface area contributed by atoms with Crippen LogP contribution in [-0.4, -0.2) is 37.2 Å². The fraction of sp³-hybridized carbons (Fsp3) is 0.529. The summed E-state index contributed by atoms with van der Waals surface area (Å²) in [5, 5.41) is 0. The summed E-state index contributed by atoms with van der Waals surface area (Å²) >= 11 is 0. The average Bonchev–Trinajstić information content (AvgIpc) is 3.42. The molecule has 0 aromatic heterocycles. The third kappa shape index (κ3) is 59.4. The monoisotopic (exact) mass is 1040 g/mol. The first kappa shape index (κ1) is 70.5. The van der Waals surface area contributed by atoms with Gasteiger partial charge in [-0.1, -0.05) is 261 Å². The SMILES string of the molecule is CC/C=C\C/C=C\C/C=C\C/C=C\C/C=C\C/C=C\C/C=C\C/C=C\C/C=C\CCCC(=O)OCC(COC(=O)CCCCCCCCCCCC)OC(=O)CC/C=C\C/C=C\C/C=C\C/C=C\C/C=C\C/C=C\CC. The van der Waals surface area contributed by atoms with Gasteiger partial charge in [0.2, 0.25) is 0 Å². The van der Waals surface area contributed by atoms with E-state index in [1.165, 1.54) is 44.9 Å². The van der Waals surface area contributed by atoms with Gasteiger partial charge in [0.15, 0.2) is 6.10 Å². The lowest BCUT2D eigenvalue weighted by Crippen LogP contribution is -2.30. The molecule has 0 aliphatic heterocycles. The number of hydrogen-bond acceptors (Lipinski definition) is 6. The van der Waals surface area contributed by atoms with Crippen LogP contribution in [0.5, 0.6) is 0 Å². The van der Waals surface area contributed by atoms with Crippen molar-refractivity contribution in [3.63, 3.8) is 0 Å². The second kappa shape index (κ2) is 62.1. The summed E-state index contributed by atoms with van der Waals surface area (Å²) in [6.07, 6.45) is 93.4. The molecule has 0 heterocycles. The lowest BCUT2D eigenvalue weighted by atomic mass is 10.1. The molecule has 0 radical (unpaired) electrons. The maximum absolute atomic E-state index is 12.8. The maximum Gasteiger partial charge on any atom is 0.306 e.